The first kappa shape index (κ1) is 20.1. The molecule has 0 radical (unpaired) electrons. The Labute approximate surface area is 136 Å². The molecule has 6 heteroatoms. The summed E-state index contributed by atoms with van der Waals surface area (Å²) >= 11 is 0. The summed E-state index contributed by atoms with van der Waals surface area (Å²) < 4.78 is 5.33. The SMILES string of the molecule is CCOC1=CC=CC(C)C=C1.NCCSSCCNC=O. The zero-order valence-electron chi connectivity index (χ0n) is 12.8. The summed E-state index contributed by atoms with van der Waals surface area (Å²) in [4.78, 5) is 9.75. The van der Waals surface area contributed by atoms with Crippen LogP contribution in [0.1, 0.15) is 13.8 Å². The monoisotopic (exact) mass is 330 g/mol. The van der Waals surface area contributed by atoms with Crippen LogP contribution in [0.2, 0.25) is 0 Å². The van der Waals surface area contributed by atoms with E-state index in [2.05, 4.69) is 24.4 Å². The third kappa shape index (κ3) is 13.9. The average molecular weight is 331 g/mol. The van der Waals surface area contributed by atoms with Crippen LogP contribution in [0.5, 0.6) is 0 Å². The van der Waals surface area contributed by atoms with Gasteiger partial charge in [-0.2, -0.15) is 0 Å². The fourth-order valence-corrected chi connectivity index (χ4v) is 3.06. The number of carbonyl (C=O) groups is 1. The van der Waals surface area contributed by atoms with Gasteiger partial charge in [-0.05, 0) is 25.0 Å². The van der Waals surface area contributed by atoms with Crippen molar-refractivity contribution in [1.82, 2.24) is 5.32 Å². The lowest BCUT2D eigenvalue weighted by atomic mass is 10.2. The number of hydrogen-bond donors (Lipinski definition) is 2. The summed E-state index contributed by atoms with van der Waals surface area (Å²) in [5.74, 6) is 3.40. The van der Waals surface area contributed by atoms with Crippen LogP contribution in [0.15, 0.2) is 36.1 Å². The van der Waals surface area contributed by atoms with Gasteiger partial charge < -0.3 is 15.8 Å². The molecule has 0 bridgehead atoms. The molecule has 1 aliphatic rings. The standard InChI is InChI=1S/C10H14O.C5H12N2OS2/c1-3-11-10-6-4-5-9(2)7-8-10;6-1-3-9-10-4-2-7-5-8/h4-9H,3H2,1-2H3;5H,1-4,6H2,(H,7,8). The molecular formula is C15H26N2O2S2. The van der Waals surface area contributed by atoms with Crippen LogP contribution in [0.4, 0.5) is 0 Å². The molecule has 0 aliphatic heterocycles. The van der Waals surface area contributed by atoms with E-state index in [9.17, 15) is 4.79 Å². The molecule has 0 aromatic rings. The highest BCUT2D eigenvalue weighted by Crippen LogP contribution is 2.18. The lowest BCUT2D eigenvalue weighted by molar-refractivity contribution is -0.109. The lowest BCUT2D eigenvalue weighted by Gasteiger charge is -2.00. The minimum absolute atomic E-state index is 0.518. The Morgan fingerprint density at radius 3 is 2.81 bits per heavy atom. The van der Waals surface area contributed by atoms with E-state index < -0.39 is 0 Å². The Kier molecular flexibility index (Phi) is 14.9. The molecule has 1 amide bonds. The predicted octanol–water partition coefficient (Wildman–Crippen LogP) is 2.74. The van der Waals surface area contributed by atoms with Gasteiger partial charge in [-0.15, -0.1) is 0 Å². The topological polar surface area (TPSA) is 64.3 Å². The van der Waals surface area contributed by atoms with E-state index >= 15 is 0 Å². The highest BCUT2D eigenvalue weighted by atomic mass is 33.1. The first-order valence-electron chi connectivity index (χ1n) is 7.05. The summed E-state index contributed by atoms with van der Waals surface area (Å²) in [6, 6.07) is 0. The molecule has 1 aliphatic carbocycles. The summed E-state index contributed by atoms with van der Waals surface area (Å²) in [5, 5.41) is 2.58. The van der Waals surface area contributed by atoms with Crippen molar-refractivity contribution in [2.24, 2.45) is 11.7 Å². The van der Waals surface area contributed by atoms with Crippen LogP contribution in [0.3, 0.4) is 0 Å². The number of carbonyl (C=O) groups excluding carboxylic acids is 1. The molecule has 4 nitrogen and oxygen atoms in total. The fraction of sp³-hybridized carbons (Fsp3) is 0.533. The van der Waals surface area contributed by atoms with Gasteiger partial charge in [0.1, 0.15) is 5.76 Å². The zero-order valence-corrected chi connectivity index (χ0v) is 14.4. The molecule has 0 fully saturated rings. The number of amides is 1. The van der Waals surface area contributed by atoms with E-state index in [0.29, 0.717) is 12.3 Å². The second kappa shape index (κ2) is 15.5. The van der Waals surface area contributed by atoms with Crippen molar-refractivity contribution in [3.8, 4) is 0 Å². The minimum Gasteiger partial charge on any atom is -0.494 e. The third-order valence-electron chi connectivity index (χ3n) is 2.25. The van der Waals surface area contributed by atoms with E-state index in [1.165, 1.54) is 0 Å². The quantitative estimate of drug-likeness (QED) is 0.387. The Balaban J connectivity index is 0.000000384. The van der Waals surface area contributed by atoms with Gasteiger partial charge in [-0.25, -0.2) is 0 Å². The van der Waals surface area contributed by atoms with E-state index in [-0.39, 0.29) is 0 Å². The first-order chi connectivity index (χ1) is 10.2. The molecule has 1 rings (SSSR count). The molecule has 0 spiro atoms. The molecule has 1 unspecified atom stereocenters. The maximum absolute atomic E-state index is 9.75. The van der Waals surface area contributed by atoms with Crippen molar-refractivity contribution in [3.63, 3.8) is 0 Å². The Hall–Kier alpha value is -0.850. The molecule has 0 aromatic heterocycles. The predicted molar refractivity (Wildman–Crippen MR) is 95.2 cm³/mol. The van der Waals surface area contributed by atoms with Crippen molar-refractivity contribution in [2.75, 3.05) is 31.2 Å². The van der Waals surface area contributed by atoms with Crippen molar-refractivity contribution in [1.29, 1.82) is 0 Å². The van der Waals surface area contributed by atoms with Gasteiger partial charge in [0.15, 0.2) is 0 Å². The Morgan fingerprint density at radius 1 is 1.38 bits per heavy atom. The van der Waals surface area contributed by atoms with Gasteiger partial charge in [-0.3, -0.25) is 4.79 Å². The lowest BCUT2D eigenvalue weighted by Crippen LogP contribution is -2.13. The zero-order chi connectivity index (χ0) is 15.8. The van der Waals surface area contributed by atoms with Gasteiger partial charge >= 0.3 is 0 Å². The summed E-state index contributed by atoms with van der Waals surface area (Å²) in [6.07, 6.45) is 11.0. The number of ether oxygens (including phenoxy) is 1. The number of hydrogen-bond acceptors (Lipinski definition) is 5. The van der Waals surface area contributed by atoms with Gasteiger partial charge in [0, 0.05) is 24.6 Å². The molecule has 3 N–H and O–H groups in total. The van der Waals surface area contributed by atoms with Crippen LogP contribution in [0.25, 0.3) is 0 Å². The smallest absolute Gasteiger partial charge is 0.207 e. The van der Waals surface area contributed by atoms with Crippen molar-refractivity contribution < 1.29 is 9.53 Å². The second-order valence-electron chi connectivity index (χ2n) is 4.11. The molecular weight excluding hydrogens is 304 g/mol. The Morgan fingerprint density at radius 2 is 2.14 bits per heavy atom. The first-order valence-corrected chi connectivity index (χ1v) is 9.54. The molecule has 0 aromatic carbocycles. The van der Waals surface area contributed by atoms with E-state index in [1.807, 2.05) is 25.2 Å². The molecule has 1 atom stereocenters. The normalized spacial score (nSPS) is 16.3. The molecule has 21 heavy (non-hydrogen) atoms. The summed E-state index contributed by atoms with van der Waals surface area (Å²) in [7, 11) is 3.47. The van der Waals surface area contributed by atoms with Crippen LogP contribution in [-0.2, 0) is 9.53 Å². The van der Waals surface area contributed by atoms with E-state index in [0.717, 1.165) is 37.0 Å². The van der Waals surface area contributed by atoms with Gasteiger partial charge in [0.2, 0.25) is 6.41 Å². The van der Waals surface area contributed by atoms with Gasteiger partial charge in [0.25, 0.3) is 0 Å². The number of rotatable bonds is 9. The summed E-state index contributed by atoms with van der Waals surface area (Å²) in [6.45, 7) is 6.34. The van der Waals surface area contributed by atoms with E-state index in [1.54, 1.807) is 21.6 Å². The van der Waals surface area contributed by atoms with Crippen LogP contribution >= 0.6 is 21.6 Å². The fourth-order valence-electron chi connectivity index (χ4n) is 1.28. The largest absolute Gasteiger partial charge is 0.494 e. The van der Waals surface area contributed by atoms with E-state index in [4.69, 9.17) is 10.5 Å². The molecule has 0 saturated carbocycles. The van der Waals surface area contributed by atoms with Crippen LogP contribution in [-0.4, -0.2) is 37.6 Å². The van der Waals surface area contributed by atoms with Crippen LogP contribution in [0, 0.1) is 5.92 Å². The number of allylic oxidation sites excluding steroid dienone is 5. The van der Waals surface area contributed by atoms with Crippen molar-refractivity contribution >= 4 is 28.0 Å². The van der Waals surface area contributed by atoms with Crippen LogP contribution < -0.4 is 11.1 Å². The average Bonchev–Trinajstić information content (AvgIpc) is 2.69. The molecule has 0 heterocycles. The van der Waals surface area contributed by atoms with Gasteiger partial charge in [0.05, 0.1) is 6.61 Å². The highest BCUT2D eigenvalue weighted by Gasteiger charge is 1.96. The van der Waals surface area contributed by atoms with Gasteiger partial charge in [-0.1, -0.05) is 46.7 Å². The third-order valence-corrected chi connectivity index (χ3v) is 4.69. The number of nitrogens with one attached hydrogen (secondary N) is 1. The second-order valence-corrected chi connectivity index (χ2v) is 6.81. The Bertz CT molecular complexity index is 345. The maximum atomic E-state index is 9.75. The van der Waals surface area contributed by atoms with Crippen molar-refractivity contribution in [3.05, 3.63) is 36.1 Å². The summed E-state index contributed by atoms with van der Waals surface area (Å²) in [5.41, 5.74) is 5.26. The molecule has 120 valence electrons. The number of nitrogens with two attached hydrogens (primary N) is 1. The van der Waals surface area contributed by atoms with Crippen molar-refractivity contribution in [2.45, 2.75) is 13.8 Å². The minimum atomic E-state index is 0.518. The molecule has 0 saturated heterocycles. The maximum Gasteiger partial charge on any atom is 0.207 e. The highest BCUT2D eigenvalue weighted by molar-refractivity contribution is 8.76.